The lowest BCUT2D eigenvalue weighted by molar-refractivity contribution is -0.385. The number of rotatable bonds is 4. The maximum Gasteiger partial charge on any atom is 0.311 e. The number of halogens is 1. The van der Waals surface area contributed by atoms with Gasteiger partial charge in [-0.25, -0.2) is 5.43 Å². The number of carbonyl (C=O) groups is 1. The number of nitro groups is 1. The van der Waals surface area contributed by atoms with Crippen molar-refractivity contribution in [2.45, 2.75) is 0 Å². The van der Waals surface area contributed by atoms with Crippen molar-refractivity contribution >= 4 is 33.7 Å². The van der Waals surface area contributed by atoms with Crippen LogP contribution in [0.1, 0.15) is 15.9 Å². The summed E-state index contributed by atoms with van der Waals surface area (Å²) in [5.41, 5.74) is 2.38. The Kier molecular flexibility index (Phi) is 4.84. The highest BCUT2D eigenvalue weighted by molar-refractivity contribution is 9.10. The number of para-hydroxylation sites is 1. The fraction of sp³-hybridized carbons (Fsp3) is 0. The van der Waals surface area contributed by atoms with Crippen molar-refractivity contribution in [3.8, 4) is 5.75 Å². The molecule has 2 aromatic carbocycles. The lowest BCUT2D eigenvalue weighted by Crippen LogP contribution is -2.17. The van der Waals surface area contributed by atoms with E-state index in [-0.39, 0.29) is 5.56 Å². The molecule has 2 N–H and O–H groups in total. The van der Waals surface area contributed by atoms with E-state index in [9.17, 15) is 20.0 Å². The molecular weight excluding hydrogens is 354 g/mol. The average molecular weight is 364 g/mol. The van der Waals surface area contributed by atoms with Crippen molar-refractivity contribution in [3.63, 3.8) is 0 Å². The van der Waals surface area contributed by atoms with Crippen LogP contribution < -0.4 is 5.43 Å². The number of benzene rings is 2. The molecule has 0 radical (unpaired) electrons. The molecule has 0 bridgehead atoms. The summed E-state index contributed by atoms with van der Waals surface area (Å²) in [7, 11) is 0. The second-order valence-corrected chi connectivity index (χ2v) is 5.10. The van der Waals surface area contributed by atoms with E-state index in [2.05, 4.69) is 26.5 Å². The Hall–Kier alpha value is -2.74. The highest BCUT2D eigenvalue weighted by Crippen LogP contribution is 2.27. The Morgan fingerprint density at radius 3 is 2.73 bits per heavy atom. The monoisotopic (exact) mass is 363 g/mol. The van der Waals surface area contributed by atoms with E-state index in [1.165, 1.54) is 18.2 Å². The quantitative estimate of drug-likeness (QED) is 0.494. The SMILES string of the molecule is O=C(N/N=C\c1cccc([N+](=O)[O-])c1O)c1cccc(Br)c1. The zero-order chi connectivity index (χ0) is 16.1. The topological polar surface area (TPSA) is 105 Å². The van der Waals surface area contributed by atoms with Crippen LogP contribution in [-0.2, 0) is 0 Å². The van der Waals surface area contributed by atoms with E-state index < -0.39 is 22.3 Å². The molecule has 8 heteroatoms. The first-order valence-corrected chi connectivity index (χ1v) is 6.83. The minimum atomic E-state index is -0.702. The van der Waals surface area contributed by atoms with Gasteiger partial charge in [0.15, 0.2) is 0 Å². The van der Waals surface area contributed by atoms with E-state index in [1.54, 1.807) is 24.3 Å². The molecule has 0 aliphatic carbocycles. The zero-order valence-corrected chi connectivity index (χ0v) is 12.6. The van der Waals surface area contributed by atoms with Crippen LogP contribution in [0.3, 0.4) is 0 Å². The average Bonchev–Trinajstić information content (AvgIpc) is 2.48. The van der Waals surface area contributed by atoms with Gasteiger partial charge < -0.3 is 5.11 Å². The van der Waals surface area contributed by atoms with Gasteiger partial charge in [0, 0.05) is 21.7 Å². The predicted octanol–water partition coefficient (Wildman–Crippen LogP) is 2.83. The first-order valence-electron chi connectivity index (χ1n) is 6.04. The molecule has 22 heavy (non-hydrogen) atoms. The van der Waals surface area contributed by atoms with Crippen LogP contribution >= 0.6 is 15.9 Å². The lowest BCUT2D eigenvalue weighted by atomic mass is 10.2. The molecule has 112 valence electrons. The number of aromatic hydroxyl groups is 1. The summed E-state index contributed by atoms with van der Waals surface area (Å²) in [5, 5.41) is 24.1. The summed E-state index contributed by atoms with van der Waals surface area (Å²) in [6, 6.07) is 10.7. The molecule has 0 aliphatic rings. The van der Waals surface area contributed by atoms with Crippen LogP contribution in [0.25, 0.3) is 0 Å². The van der Waals surface area contributed by atoms with Crippen molar-refractivity contribution in [1.82, 2.24) is 5.43 Å². The number of nitrogens with one attached hydrogen (secondary N) is 1. The number of hydrogen-bond donors (Lipinski definition) is 2. The number of phenols is 1. The van der Waals surface area contributed by atoms with Crippen LogP contribution in [-0.4, -0.2) is 22.2 Å². The van der Waals surface area contributed by atoms with Gasteiger partial charge in [0.1, 0.15) is 0 Å². The van der Waals surface area contributed by atoms with Gasteiger partial charge in [0.05, 0.1) is 11.1 Å². The van der Waals surface area contributed by atoms with Gasteiger partial charge in [0.2, 0.25) is 5.75 Å². The first-order chi connectivity index (χ1) is 10.5. The Balaban J connectivity index is 2.12. The molecule has 0 fully saturated rings. The second kappa shape index (κ2) is 6.81. The minimum absolute atomic E-state index is 0.128. The Labute approximate surface area is 133 Å². The highest BCUT2D eigenvalue weighted by Gasteiger charge is 2.15. The van der Waals surface area contributed by atoms with Gasteiger partial charge in [-0.15, -0.1) is 0 Å². The van der Waals surface area contributed by atoms with Crippen molar-refractivity contribution in [2.24, 2.45) is 5.10 Å². The zero-order valence-electron chi connectivity index (χ0n) is 11.1. The minimum Gasteiger partial charge on any atom is -0.502 e. The van der Waals surface area contributed by atoms with E-state index in [1.807, 2.05) is 0 Å². The third-order valence-electron chi connectivity index (χ3n) is 2.70. The van der Waals surface area contributed by atoms with E-state index in [4.69, 9.17) is 0 Å². The molecule has 7 nitrogen and oxygen atoms in total. The normalized spacial score (nSPS) is 10.6. The number of hydrogen-bond acceptors (Lipinski definition) is 5. The predicted molar refractivity (Wildman–Crippen MR) is 84.0 cm³/mol. The fourth-order valence-electron chi connectivity index (χ4n) is 1.65. The molecule has 0 unspecified atom stereocenters. The molecule has 0 spiro atoms. The van der Waals surface area contributed by atoms with E-state index in [0.29, 0.717) is 5.56 Å². The van der Waals surface area contributed by atoms with Gasteiger partial charge in [-0.2, -0.15) is 5.10 Å². The molecule has 1 amide bonds. The van der Waals surface area contributed by atoms with Crippen LogP contribution in [0.4, 0.5) is 5.69 Å². The van der Waals surface area contributed by atoms with Gasteiger partial charge in [-0.1, -0.05) is 28.1 Å². The van der Waals surface area contributed by atoms with Gasteiger partial charge in [0.25, 0.3) is 5.91 Å². The van der Waals surface area contributed by atoms with Gasteiger partial charge >= 0.3 is 5.69 Å². The standard InChI is InChI=1S/C14H10BrN3O4/c15-11-5-1-3-9(7-11)14(20)17-16-8-10-4-2-6-12(13(10)19)18(21)22/h1-8,19H,(H,17,20)/b16-8-. The summed E-state index contributed by atoms with van der Waals surface area (Å²) in [5.74, 6) is -0.949. The summed E-state index contributed by atoms with van der Waals surface area (Å²) >= 11 is 3.25. The van der Waals surface area contributed by atoms with Gasteiger partial charge in [-0.05, 0) is 24.3 Å². The second-order valence-electron chi connectivity index (χ2n) is 4.18. The van der Waals surface area contributed by atoms with Crippen LogP contribution in [0.2, 0.25) is 0 Å². The number of phenolic OH excluding ortho intramolecular Hbond substituents is 1. The third-order valence-corrected chi connectivity index (χ3v) is 3.19. The van der Waals surface area contributed by atoms with Crippen molar-refractivity contribution in [2.75, 3.05) is 0 Å². The van der Waals surface area contributed by atoms with Crippen molar-refractivity contribution in [1.29, 1.82) is 0 Å². The largest absolute Gasteiger partial charge is 0.502 e. The molecule has 0 saturated carbocycles. The van der Waals surface area contributed by atoms with E-state index in [0.717, 1.165) is 10.7 Å². The molecule has 0 aromatic heterocycles. The Morgan fingerprint density at radius 2 is 2.05 bits per heavy atom. The smallest absolute Gasteiger partial charge is 0.311 e. The molecular formula is C14H10BrN3O4. The Morgan fingerprint density at radius 1 is 1.32 bits per heavy atom. The number of hydrazone groups is 1. The molecule has 2 rings (SSSR count). The van der Waals surface area contributed by atoms with Crippen LogP contribution in [0, 0.1) is 10.1 Å². The van der Waals surface area contributed by atoms with Crippen LogP contribution in [0.15, 0.2) is 52.0 Å². The summed E-state index contributed by atoms with van der Waals surface area (Å²) in [4.78, 5) is 21.8. The number of amides is 1. The van der Waals surface area contributed by atoms with E-state index >= 15 is 0 Å². The molecule has 2 aromatic rings. The first kappa shape index (κ1) is 15.6. The maximum absolute atomic E-state index is 11.8. The fourth-order valence-corrected chi connectivity index (χ4v) is 2.05. The molecule has 0 saturated heterocycles. The summed E-state index contributed by atoms with van der Waals surface area (Å²) < 4.78 is 0.750. The summed E-state index contributed by atoms with van der Waals surface area (Å²) in [6.07, 6.45) is 1.14. The Bertz CT molecular complexity index is 762. The van der Waals surface area contributed by atoms with Crippen LogP contribution in [0.5, 0.6) is 5.75 Å². The lowest BCUT2D eigenvalue weighted by Gasteiger charge is -2.01. The molecule has 0 atom stereocenters. The third kappa shape index (κ3) is 3.67. The number of carbonyl (C=O) groups excluding carboxylic acids is 1. The maximum atomic E-state index is 11.8. The van der Waals surface area contributed by atoms with Crippen molar-refractivity contribution < 1.29 is 14.8 Å². The van der Waals surface area contributed by atoms with Gasteiger partial charge in [-0.3, -0.25) is 14.9 Å². The molecule has 0 aliphatic heterocycles. The highest BCUT2D eigenvalue weighted by atomic mass is 79.9. The summed E-state index contributed by atoms with van der Waals surface area (Å²) in [6.45, 7) is 0. The number of nitro benzene ring substituents is 1. The molecule has 0 heterocycles. The van der Waals surface area contributed by atoms with Crippen molar-refractivity contribution in [3.05, 3.63) is 68.2 Å². The number of nitrogens with zero attached hydrogens (tertiary/aromatic N) is 2.